The minimum Gasteiger partial charge on any atom is -0.379 e. The average molecular weight is 316 g/mol. The Bertz CT molecular complexity index is 537. The molecule has 1 aromatic carbocycles. The zero-order chi connectivity index (χ0) is 18.1. The van der Waals surface area contributed by atoms with Gasteiger partial charge in [-0.25, -0.2) is 0 Å². The van der Waals surface area contributed by atoms with E-state index in [4.69, 9.17) is 11.2 Å². The first-order valence-corrected chi connectivity index (χ1v) is 8.31. The van der Waals surface area contributed by atoms with Crippen molar-refractivity contribution < 1.29 is 9.53 Å². The highest BCUT2D eigenvalue weighted by Gasteiger charge is 2.33. The Labute approximate surface area is 142 Å². The molecule has 1 aromatic rings. The highest BCUT2D eigenvalue weighted by molar-refractivity contribution is 5.87. The summed E-state index contributed by atoms with van der Waals surface area (Å²) >= 11 is 0. The SMILES string of the molecule is C#CCC(C)(C)COCC(C)(C(C)=O)c1cccc(C)c1.CC. The van der Waals surface area contributed by atoms with E-state index >= 15 is 0 Å². The van der Waals surface area contributed by atoms with Gasteiger partial charge in [-0.05, 0) is 31.7 Å². The second-order valence-electron chi connectivity index (χ2n) is 6.80. The first kappa shape index (κ1) is 21.4. The van der Waals surface area contributed by atoms with E-state index in [0.717, 1.165) is 11.1 Å². The summed E-state index contributed by atoms with van der Waals surface area (Å²) in [5.74, 6) is 2.78. The lowest BCUT2D eigenvalue weighted by Crippen LogP contribution is -2.37. The second kappa shape index (κ2) is 9.53. The van der Waals surface area contributed by atoms with Crippen molar-refractivity contribution in [1.82, 2.24) is 0 Å². The molecule has 2 heteroatoms. The maximum Gasteiger partial charge on any atom is 0.142 e. The predicted octanol–water partition coefficient (Wildman–Crippen LogP) is 4.93. The van der Waals surface area contributed by atoms with Gasteiger partial charge in [0.15, 0.2) is 0 Å². The Morgan fingerprint density at radius 1 is 1.22 bits per heavy atom. The molecule has 1 rings (SSSR count). The number of Topliss-reactive ketones (excluding diaryl/α,β-unsaturated/α-hetero) is 1. The summed E-state index contributed by atoms with van der Waals surface area (Å²) in [5.41, 5.74) is 1.47. The van der Waals surface area contributed by atoms with Gasteiger partial charge in [-0.15, -0.1) is 12.3 Å². The van der Waals surface area contributed by atoms with Crippen LogP contribution < -0.4 is 0 Å². The fourth-order valence-electron chi connectivity index (χ4n) is 2.24. The third-order valence-electron chi connectivity index (χ3n) is 3.90. The van der Waals surface area contributed by atoms with Crippen molar-refractivity contribution in [1.29, 1.82) is 0 Å². The zero-order valence-corrected chi connectivity index (χ0v) is 15.8. The molecule has 1 atom stereocenters. The van der Waals surface area contributed by atoms with Crippen molar-refractivity contribution in [3.63, 3.8) is 0 Å². The van der Waals surface area contributed by atoms with Gasteiger partial charge in [-0.1, -0.05) is 57.5 Å². The maximum absolute atomic E-state index is 12.1. The molecule has 0 bridgehead atoms. The molecule has 0 saturated heterocycles. The zero-order valence-electron chi connectivity index (χ0n) is 15.8. The molecule has 23 heavy (non-hydrogen) atoms. The van der Waals surface area contributed by atoms with Crippen LogP contribution >= 0.6 is 0 Å². The number of benzene rings is 1. The molecule has 1 unspecified atom stereocenters. The molecule has 0 N–H and O–H groups in total. The molecule has 2 nitrogen and oxygen atoms in total. The van der Waals surface area contributed by atoms with Crippen molar-refractivity contribution in [2.75, 3.05) is 13.2 Å². The second-order valence-corrected chi connectivity index (χ2v) is 6.80. The van der Waals surface area contributed by atoms with E-state index in [1.807, 2.05) is 45.9 Å². The fraction of sp³-hybridized carbons (Fsp3) is 0.571. The van der Waals surface area contributed by atoms with Gasteiger partial charge in [0.2, 0.25) is 0 Å². The quantitative estimate of drug-likeness (QED) is 0.666. The molecule has 0 fully saturated rings. The van der Waals surface area contributed by atoms with E-state index in [9.17, 15) is 4.79 Å². The summed E-state index contributed by atoms with van der Waals surface area (Å²) in [5, 5.41) is 0. The Morgan fingerprint density at radius 3 is 2.30 bits per heavy atom. The Morgan fingerprint density at radius 2 is 1.83 bits per heavy atom. The standard InChI is InChI=1S/C19H26O2.C2H6/c1-7-11-18(4,5)13-21-14-19(6,16(3)20)17-10-8-9-15(2)12-17;1-2/h1,8-10,12H,11,13-14H2,2-6H3;1-2H3. The fourth-order valence-corrected chi connectivity index (χ4v) is 2.24. The van der Waals surface area contributed by atoms with Gasteiger partial charge in [0, 0.05) is 6.42 Å². The van der Waals surface area contributed by atoms with E-state index in [-0.39, 0.29) is 11.2 Å². The van der Waals surface area contributed by atoms with Crippen LogP contribution in [0.5, 0.6) is 0 Å². The largest absolute Gasteiger partial charge is 0.379 e. The van der Waals surface area contributed by atoms with E-state index in [1.54, 1.807) is 6.92 Å². The Kier molecular flexibility index (Phi) is 8.87. The smallest absolute Gasteiger partial charge is 0.142 e. The lowest BCUT2D eigenvalue weighted by atomic mass is 9.79. The molecular weight excluding hydrogens is 284 g/mol. The van der Waals surface area contributed by atoms with Crippen LogP contribution in [0.2, 0.25) is 0 Å². The summed E-state index contributed by atoms with van der Waals surface area (Å²) in [4.78, 5) is 12.1. The van der Waals surface area contributed by atoms with Crippen LogP contribution in [0, 0.1) is 24.7 Å². The first-order valence-electron chi connectivity index (χ1n) is 8.31. The molecule has 0 aliphatic rings. The molecule has 0 aliphatic heterocycles. The molecule has 0 aromatic heterocycles. The van der Waals surface area contributed by atoms with Crippen molar-refractivity contribution in [3.8, 4) is 12.3 Å². The number of aryl methyl sites for hydroxylation is 1. The average Bonchev–Trinajstić information content (AvgIpc) is 2.48. The predicted molar refractivity (Wildman–Crippen MR) is 98.6 cm³/mol. The van der Waals surface area contributed by atoms with Gasteiger partial charge in [-0.3, -0.25) is 4.79 Å². The number of ether oxygens (including phenoxy) is 1. The van der Waals surface area contributed by atoms with E-state index in [2.05, 4.69) is 25.8 Å². The van der Waals surface area contributed by atoms with Gasteiger partial charge in [-0.2, -0.15) is 0 Å². The minimum atomic E-state index is -0.613. The van der Waals surface area contributed by atoms with Crippen LogP contribution in [0.3, 0.4) is 0 Å². The summed E-state index contributed by atoms with van der Waals surface area (Å²) in [7, 11) is 0. The summed E-state index contributed by atoms with van der Waals surface area (Å²) in [6.45, 7) is 14.7. The van der Waals surface area contributed by atoms with Crippen LogP contribution in [0.15, 0.2) is 24.3 Å². The van der Waals surface area contributed by atoms with Crippen molar-refractivity contribution in [2.45, 2.75) is 60.3 Å². The molecule has 0 amide bonds. The monoisotopic (exact) mass is 316 g/mol. The van der Waals surface area contributed by atoms with E-state index in [1.165, 1.54) is 0 Å². The van der Waals surface area contributed by atoms with Gasteiger partial charge in [0.25, 0.3) is 0 Å². The number of hydrogen-bond donors (Lipinski definition) is 0. The molecule has 0 heterocycles. The maximum atomic E-state index is 12.1. The topological polar surface area (TPSA) is 26.3 Å². The molecule has 0 spiro atoms. The minimum absolute atomic E-state index is 0.0704. The first-order chi connectivity index (χ1) is 10.7. The number of carbonyl (C=O) groups is 1. The van der Waals surface area contributed by atoms with Gasteiger partial charge >= 0.3 is 0 Å². The van der Waals surface area contributed by atoms with Crippen LogP contribution in [0.1, 0.15) is 59.1 Å². The van der Waals surface area contributed by atoms with Crippen LogP contribution in [-0.4, -0.2) is 19.0 Å². The van der Waals surface area contributed by atoms with Crippen molar-refractivity contribution in [2.24, 2.45) is 5.41 Å². The molecular formula is C21H32O2. The van der Waals surface area contributed by atoms with Crippen LogP contribution in [0.25, 0.3) is 0 Å². The normalized spacial score (nSPS) is 13.3. The summed E-state index contributed by atoms with van der Waals surface area (Å²) in [6.07, 6.45) is 6.03. The summed E-state index contributed by atoms with van der Waals surface area (Å²) < 4.78 is 5.86. The van der Waals surface area contributed by atoms with Crippen LogP contribution in [0.4, 0.5) is 0 Å². The number of ketones is 1. The van der Waals surface area contributed by atoms with Crippen LogP contribution in [-0.2, 0) is 14.9 Å². The number of carbonyl (C=O) groups excluding carboxylic acids is 1. The summed E-state index contributed by atoms with van der Waals surface area (Å²) in [6, 6.07) is 8.05. The Balaban J connectivity index is 0.00000232. The lowest BCUT2D eigenvalue weighted by molar-refractivity contribution is -0.124. The molecule has 128 valence electrons. The van der Waals surface area contributed by atoms with E-state index < -0.39 is 5.41 Å². The molecule has 0 saturated carbocycles. The molecule has 0 radical (unpaired) electrons. The van der Waals surface area contributed by atoms with Gasteiger partial charge < -0.3 is 4.74 Å². The third-order valence-corrected chi connectivity index (χ3v) is 3.90. The highest BCUT2D eigenvalue weighted by Crippen LogP contribution is 2.28. The van der Waals surface area contributed by atoms with Crippen molar-refractivity contribution >= 4 is 5.78 Å². The van der Waals surface area contributed by atoms with Crippen molar-refractivity contribution in [3.05, 3.63) is 35.4 Å². The molecule has 0 aliphatic carbocycles. The third kappa shape index (κ3) is 6.59. The lowest BCUT2D eigenvalue weighted by Gasteiger charge is -2.30. The highest BCUT2D eigenvalue weighted by atomic mass is 16.5. The van der Waals surface area contributed by atoms with E-state index in [0.29, 0.717) is 19.6 Å². The van der Waals surface area contributed by atoms with Gasteiger partial charge in [0.1, 0.15) is 5.78 Å². The number of hydrogen-bond acceptors (Lipinski definition) is 2. The number of rotatable bonds is 7. The van der Waals surface area contributed by atoms with Gasteiger partial charge in [0.05, 0.1) is 18.6 Å². The number of terminal acetylenes is 1. The Hall–Kier alpha value is -1.59.